The molecule has 166 valence electrons. The molecule has 3 rings (SSSR count). The predicted molar refractivity (Wildman–Crippen MR) is 113 cm³/mol. The summed E-state index contributed by atoms with van der Waals surface area (Å²) in [6, 6.07) is 7.60. The molecular weight excluding hydrogens is 401 g/mol. The molecule has 0 aliphatic carbocycles. The van der Waals surface area contributed by atoms with Gasteiger partial charge in [0.15, 0.2) is 5.69 Å². The highest BCUT2D eigenvalue weighted by Gasteiger charge is 2.27. The molecule has 2 aromatic rings. The summed E-state index contributed by atoms with van der Waals surface area (Å²) in [4.78, 5) is 41.0. The number of hydrogen-bond donors (Lipinski definition) is 1. The summed E-state index contributed by atoms with van der Waals surface area (Å²) in [5.74, 6) is -0.940. The molecule has 2 heterocycles. The van der Waals surface area contributed by atoms with Crippen molar-refractivity contribution in [3.8, 4) is 0 Å². The number of hydrogen-bond acceptors (Lipinski definition) is 4. The van der Waals surface area contributed by atoms with E-state index in [-0.39, 0.29) is 42.2 Å². The average molecular weight is 429 g/mol. The van der Waals surface area contributed by atoms with Gasteiger partial charge in [-0.3, -0.25) is 19.1 Å². The maximum Gasteiger partial charge on any atom is 0.274 e. The molecule has 1 N–H and O–H groups in total. The first-order valence-corrected chi connectivity index (χ1v) is 10.6. The highest BCUT2D eigenvalue weighted by atomic mass is 19.1. The van der Waals surface area contributed by atoms with Crippen molar-refractivity contribution in [3.63, 3.8) is 0 Å². The zero-order valence-corrected chi connectivity index (χ0v) is 17.9. The summed E-state index contributed by atoms with van der Waals surface area (Å²) >= 11 is 0. The van der Waals surface area contributed by atoms with Gasteiger partial charge < -0.3 is 15.1 Å². The standard InChI is InChI=1S/C22H28FN5O3/c1-3-24-20(29)10-13-26(4-2)21(30)18-14-19-22(31)27(11-5-12-28(19)25-18)15-16-6-8-17(23)9-7-16/h6-9,14H,3-5,10-13,15H2,1-2H3,(H,24,29). The van der Waals surface area contributed by atoms with E-state index >= 15 is 0 Å². The number of nitrogens with one attached hydrogen (secondary N) is 1. The Hall–Kier alpha value is -3.23. The minimum Gasteiger partial charge on any atom is -0.356 e. The van der Waals surface area contributed by atoms with Gasteiger partial charge in [-0.15, -0.1) is 0 Å². The number of aromatic nitrogens is 2. The summed E-state index contributed by atoms with van der Waals surface area (Å²) in [5, 5.41) is 7.09. The molecule has 9 heteroatoms. The Bertz CT molecular complexity index is 941. The van der Waals surface area contributed by atoms with Crippen LogP contribution in [0.3, 0.4) is 0 Å². The highest BCUT2D eigenvalue weighted by Crippen LogP contribution is 2.18. The molecule has 0 fully saturated rings. The van der Waals surface area contributed by atoms with Gasteiger partial charge in [0.05, 0.1) is 0 Å². The van der Waals surface area contributed by atoms with E-state index in [4.69, 9.17) is 0 Å². The van der Waals surface area contributed by atoms with Crippen molar-refractivity contribution in [3.05, 3.63) is 53.1 Å². The zero-order valence-electron chi connectivity index (χ0n) is 17.9. The number of fused-ring (bicyclic) bond motifs is 1. The number of nitrogens with zero attached hydrogens (tertiary/aromatic N) is 4. The Morgan fingerprint density at radius 2 is 1.94 bits per heavy atom. The molecule has 1 aliphatic heterocycles. The van der Waals surface area contributed by atoms with Crippen molar-refractivity contribution in [2.75, 3.05) is 26.2 Å². The number of aryl methyl sites for hydroxylation is 1. The van der Waals surface area contributed by atoms with E-state index in [1.165, 1.54) is 18.2 Å². The van der Waals surface area contributed by atoms with Gasteiger partial charge in [-0.1, -0.05) is 12.1 Å². The largest absolute Gasteiger partial charge is 0.356 e. The quantitative estimate of drug-likeness (QED) is 0.696. The summed E-state index contributed by atoms with van der Waals surface area (Å²) in [6.45, 7) is 6.39. The molecule has 0 saturated heterocycles. The van der Waals surface area contributed by atoms with Crippen LogP contribution in [0.2, 0.25) is 0 Å². The van der Waals surface area contributed by atoms with Crippen LogP contribution in [0, 0.1) is 5.82 Å². The summed E-state index contributed by atoms with van der Waals surface area (Å²) in [5.41, 5.74) is 1.40. The van der Waals surface area contributed by atoms with E-state index < -0.39 is 0 Å². The molecule has 0 atom stereocenters. The SMILES string of the molecule is CCNC(=O)CCN(CC)C(=O)c1cc2n(n1)CCCN(Cc1ccc(F)cc1)C2=O. The van der Waals surface area contributed by atoms with Crippen molar-refractivity contribution in [1.82, 2.24) is 24.9 Å². The fraction of sp³-hybridized carbons (Fsp3) is 0.455. The second-order valence-electron chi connectivity index (χ2n) is 7.43. The van der Waals surface area contributed by atoms with Crippen LogP contribution >= 0.6 is 0 Å². The highest BCUT2D eigenvalue weighted by molar-refractivity contribution is 5.98. The lowest BCUT2D eigenvalue weighted by atomic mass is 10.2. The van der Waals surface area contributed by atoms with Gasteiger partial charge in [-0.05, 0) is 38.0 Å². The van der Waals surface area contributed by atoms with Crippen LogP contribution in [0.5, 0.6) is 0 Å². The van der Waals surface area contributed by atoms with Crippen molar-refractivity contribution in [2.24, 2.45) is 0 Å². The number of amides is 3. The maximum absolute atomic E-state index is 13.2. The number of rotatable bonds is 8. The van der Waals surface area contributed by atoms with Crippen LogP contribution in [0.25, 0.3) is 0 Å². The van der Waals surface area contributed by atoms with Crippen LogP contribution in [0.15, 0.2) is 30.3 Å². The number of carbonyl (C=O) groups excluding carboxylic acids is 3. The Balaban J connectivity index is 1.73. The Kier molecular flexibility index (Phi) is 7.38. The van der Waals surface area contributed by atoms with Gasteiger partial charge in [0, 0.05) is 51.8 Å². The summed E-state index contributed by atoms with van der Waals surface area (Å²) in [6.07, 6.45) is 0.912. The first-order chi connectivity index (χ1) is 14.9. The van der Waals surface area contributed by atoms with Gasteiger partial charge in [-0.2, -0.15) is 5.10 Å². The molecule has 0 radical (unpaired) electrons. The minimum atomic E-state index is -0.320. The van der Waals surface area contributed by atoms with E-state index in [0.717, 1.165) is 5.56 Å². The normalized spacial score (nSPS) is 13.5. The van der Waals surface area contributed by atoms with E-state index in [1.54, 1.807) is 26.6 Å². The number of benzene rings is 1. The molecule has 0 bridgehead atoms. The minimum absolute atomic E-state index is 0.110. The molecule has 1 aliphatic rings. The van der Waals surface area contributed by atoms with Crippen LogP contribution in [0.4, 0.5) is 4.39 Å². The lowest BCUT2D eigenvalue weighted by Crippen LogP contribution is -2.35. The monoisotopic (exact) mass is 429 g/mol. The molecule has 0 saturated carbocycles. The molecule has 31 heavy (non-hydrogen) atoms. The zero-order chi connectivity index (χ0) is 22.4. The lowest BCUT2D eigenvalue weighted by molar-refractivity contribution is -0.121. The molecule has 1 aromatic carbocycles. The van der Waals surface area contributed by atoms with E-state index in [9.17, 15) is 18.8 Å². The Labute approximate surface area is 181 Å². The smallest absolute Gasteiger partial charge is 0.274 e. The van der Waals surface area contributed by atoms with Crippen molar-refractivity contribution >= 4 is 17.7 Å². The van der Waals surface area contributed by atoms with Crippen LogP contribution in [0.1, 0.15) is 53.2 Å². The molecular formula is C22H28FN5O3. The maximum atomic E-state index is 13.2. The van der Waals surface area contributed by atoms with Crippen LogP contribution < -0.4 is 5.32 Å². The van der Waals surface area contributed by atoms with Crippen molar-refractivity contribution in [1.29, 1.82) is 0 Å². The molecule has 0 spiro atoms. The first kappa shape index (κ1) is 22.5. The average Bonchev–Trinajstić information content (AvgIpc) is 3.13. The third-order valence-electron chi connectivity index (χ3n) is 5.24. The lowest BCUT2D eigenvalue weighted by Gasteiger charge is -2.20. The third-order valence-corrected chi connectivity index (χ3v) is 5.24. The summed E-state index contributed by atoms with van der Waals surface area (Å²) in [7, 11) is 0. The van der Waals surface area contributed by atoms with E-state index in [2.05, 4.69) is 10.4 Å². The second kappa shape index (κ2) is 10.2. The molecule has 3 amide bonds. The summed E-state index contributed by atoms with van der Waals surface area (Å²) < 4.78 is 14.7. The third kappa shape index (κ3) is 5.48. The van der Waals surface area contributed by atoms with Crippen LogP contribution in [-0.2, 0) is 17.9 Å². The van der Waals surface area contributed by atoms with E-state index in [0.29, 0.717) is 44.8 Å². The first-order valence-electron chi connectivity index (χ1n) is 10.6. The van der Waals surface area contributed by atoms with Gasteiger partial charge in [0.25, 0.3) is 11.8 Å². The number of carbonyl (C=O) groups is 3. The van der Waals surface area contributed by atoms with Gasteiger partial charge in [-0.25, -0.2) is 4.39 Å². The fourth-order valence-corrected chi connectivity index (χ4v) is 3.59. The molecule has 1 aromatic heterocycles. The predicted octanol–water partition coefficient (Wildman–Crippen LogP) is 2.06. The van der Waals surface area contributed by atoms with Crippen LogP contribution in [-0.4, -0.2) is 63.5 Å². The Morgan fingerprint density at radius 1 is 1.19 bits per heavy atom. The van der Waals surface area contributed by atoms with Gasteiger partial charge in [0.2, 0.25) is 5.91 Å². The fourth-order valence-electron chi connectivity index (χ4n) is 3.59. The molecule has 8 nitrogen and oxygen atoms in total. The van der Waals surface area contributed by atoms with E-state index in [1.807, 2.05) is 13.8 Å². The molecule has 0 unspecified atom stereocenters. The van der Waals surface area contributed by atoms with Gasteiger partial charge >= 0.3 is 0 Å². The van der Waals surface area contributed by atoms with Crippen molar-refractivity contribution in [2.45, 2.75) is 39.8 Å². The topological polar surface area (TPSA) is 87.5 Å². The Morgan fingerprint density at radius 3 is 2.61 bits per heavy atom. The van der Waals surface area contributed by atoms with Gasteiger partial charge in [0.1, 0.15) is 11.5 Å². The number of halogens is 1. The van der Waals surface area contributed by atoms with Crippen molar-refractivity contribution < 1.29 is 18.8 Å². The second-order valence-corrected chi connectivity index (χ2v) is 7.43.